The van der Waals surface area contributed by atoms with E-state index in [1.165, 1.54) is 17.2 Å². The molecule has 3 N–H and O–H groups in total. The standard InChI is InChI=1S/C26H26F3N5O3S.C26H29N5O4S/c27-26(28,29)24(37)34-10-5-25(6-11-34)15-19-13-18(16-31-22(19)32-23(25)36)1-2-21(35)33-8-3-17(4-9-33)14-20-30-7-12-38-20;32-17-23(34)31-10-5-26(6-11-31)15-20-13-19(16-28-24(20)29-25(26)35)1-2-22(33)30-8-3-18(4-9-30)14-21-27-7-12-36-21/h1-3,7,12-13,16H,4-6,8-11,14-15H2,(H,31,32,36);1-3,7,12-13,16,32H,4-6,8-11,14-15,17H2,(H,28,29,35)/b2*2-1+. The summed E-state index contributed by atoms with van der Waals surface area (Å²) in [5.41, 5.74) is 4.28. The molecule has 10 heterocycles. The Morgan fingerprint density at radius 1 is 0.649 bits per heavy atom. The lowest BCUT2D eigenvalue weighted by molar-refractivity contribution is -0.187. The average molecular weight is 1050 g/mol. The van der Waals surface area contributed by atoms with Crippen LogP contribution in [0.2, 0.25) is 0 Å². The van der Waals surface area contributed by atoms with Gasteiger partial charge in [0.1, 0.15) is 18.2 Å². The molecule has 0 aromatic carbocycles. The Balaban J connectivity index is 0.000000182. The number of likely N-dealkylation sites (tertiary alicyclic amines) is 2. The number of nitrogens with zero attached hydrogens (tertiary/aromatic N) is 8. The van der Waals surface area contributed by atoms with E-state index in [4.69, 9.17) is 5.11 Å². The quantitative estimate of drug-likeness (QED) is 0.137. The number of hydrogen-bond donors (Lipinski definition) is 3. The zero-order valence-electron chi connectivity index (χ0n) is 40.4. The Labute approximate surface area is 433 Å². The number of aromatic nitrogens is 4. The molecule has 0 saturated carbocycles. The summed E-state index contributed by atoms with van der Waals surface area (Å²) in [5.74, 6) is -1.72. The van der Waals surface area contributed by atoms with Crippen LogP contribution in [0.15, 0.2) is 83.1 Å². The van der Waals surface area contributed by atoms with Crippen molar-refractivity contribution >= 4 is 81.9 Å². The van der Waals surface area contributed by atoms with E-state index in [0.29, 0.717) is 82.2 Å². The van der Waals surface area contributed by atoms with Gasteiger partial charge in [-0.2, -0.15) is 13.2 Å². The number of hydrogen-bond acceptors (Lipinski definition) is 13. The highest BCUT2D eigenvalue weighted by atomic mass is 32.1. The van der Waals surface area contributed by atoms with Crippen molar-refractivity contribution in [2.45, 2.75) is 70.4 Å². The Kier molecular flexibility index (Phi) is 15.7. The highest BCUT2D eigenvalue weighted by Gasteiger charge is 2.50. The fraction of sp³-hybridized carbons (Fsp3) is 0.423. The van der Waals surface area contributed by atoms with Gasteiger partial charge in [-0.05, 0) is 97.9 Å². The molecule has 2 saturated heterocycles. The maximum atomic E-state index is 12.9. The fourth-order valence-corrected chi connectivity index (χ4v) is 11.6. The number of anilines is 2. The molecule has 4 aromatic rings. The number of carbonyl (C=O) groups excluding carboxylic acids is 6. The first-order chi connectivity index (χ1) is 35.6. The monoisotopic (exact) mass is 1050 g/mol. The van der Waals surface area contributed by atoms with Crippen molar-refractivity contribution in [3.63, 3.8) is 0 Å². The second-order valence-corrected chi connectivity index (χ2v) is 21.3. The molecule has 74 heavy (non-hydrogen) atoms. The zero-order valence-corrected chi connectivity index (χ0v) is 42.1. The number of piperidine rings is 2. The van der Waals surface area contributed by atoms with Crippen molar-refractivity contribution in [3.8, 4) is 0 Å². The molecule has 0 radical (unpaired) electrons. The molecule has 17 nitrogen and oxygen atoms in total. The lowest BCUT2D eigenvalue weighted by atomic mass is 9.71. The number of carbonyl (C=O) groups is 6. The SMILES string of the molecule is O=C(/C=C/c1cnc2c(c1)CC1(CCN(C(=O)C(F)(F)F)CC1)C(=O)N2)N1CC=C(Cc2nccs2)CC1.O=C(/C=C/c1cnc2c(c1)CC1(CCN(C(=O)CO)CC1)C(=O)N2)N1CC=C(Cc2nccs2)CC1. The predicted molar refractivity (Wildman–Crippen MR) is 271 cm³/mol. The predicted octanol–water partition coefficient (Wildman–Crippen LogP) is 5.67. The molecule has 6 aliphatic heterocycles. The molecular weight excluding hydrogens is 998 g/mol. The Hall–Kier alpha value is -6.91. The van der Waals surface area contributed by atoms with Crippen LogP contribution < -0.4 is 10.6 Å². The van der Waals surface area contributed by atoms with Gasteiger partial charge in [0, 0.05) is 113 Å². The third kappa shape index (κ3) is 12.0. The lowest BCUT2D eigenvalue weighted by Gasteiger charge is -2.43. The van der Waals surface area contributed by atoms with Crippen LogP contribution in [-0.2, 0) is 54.5 Å². The molecule has 6 amide bonds. The Bertz CT molecular complexity index is 2900. The smallest absolute Gasteiger partial charge is 0.387 e. The van der Waals surface area contributed by atoms with Gasteiger partial charge in [-0.15, -0.1) is 22.7 Å². The van der Waals surface area contributed by atoms with Gasteiger partial charge in [0.15, 0.2) is 0 Å². The molecule has 22 heteroatoms. The van der Waals surface area contributed by atoms with Crippen LogP contribution in [0.4, 0.5) is 24.8 Å². The van der Waals surface area contributed by atoms with Gasteiger partial charge in [-0.1, -0.05) is 23.3 Å². The molecule has 2 fully saturated rings. The number of fused-ring (bicyclic) bond motifs is 2. The molecule has 388 valence electrons. The minimum atomic E-state index is -4.93. The van der Waals surface area contributed by atoms with Crippen LogP contribution in [0.25, 0.3) is 12.2 Å². The highest BCUT2D eigenvalue weighted by Crippen LogP contribution is 2.43. The van der Waals surface area contributed by atoms with Gasteiger partial charge in [0.2, 0.25) is 29.5 Å². The first-order valence-corrected chi connectivity index (χ1v) is 26.3. The molecular formula is C52H55F3N10O7S2. The van der Waals surface area contributed by atoms with Crippen LogP contribution >= 0.6 is 22.7 Å². The van der Waals surface area contributed by atoms with Crippen LogP contribution in [0.1, 0.15) is 70.8 Å². The van der Waals surface area contributed by atoms with Crippen molar-refractivity contribution in [3.05, 3.63) is 115 Å². The third-order valence-electron chi connectivity index (χ3n) is 14.7. The van der Waals surface area contributed by atoms with E-state index in [1.54, 1.807) is 69.3 Å². The number of aliphatic hydroxyl groups excluding tert-OH is 1. The fourth-order valence-electron chi connectivity index (χ4n) is 10.3. The van der Waals surface area contributed by atoms with Gasteiger partial charge in [-0.25, -0.2) is 19.9 Å². The van der Waals surface area contributed by atoms with E-state index >= 15 is 0 Å². The number of amides is 6. The molecule has 10 rings (SSSR count). The zero-order chi connectivity index (χ0) is 52.0. The van der Waals surface area contributed by atoms with Gasteiger partial charge >= 0.3 is 12.1 Å². The minimum Gasteiger partial charge on any atom is -0.387 e. The molecule has 4 aromatic heterocycles. The van der Waals surface area contributed by atoms with Crippen LogP contribution in [0, 0.1) is 10.8 Å². The van der Waals surface area contributed by atoms with Gasteiger partial charge in [0.25, 0.3) is 0 Å². The summed E-state index contributed by atoms with van der Waals surface area (Å²) in [7, 11) is 0. The topological polar surface area (TPSA) is 211 Å². The summed E-state index contributed by atoms with van der Waals surface area (Å²) in [6.45, 7) is 2.54. The Morgan fingerprint density at radius 3 is 1.47 bits per heavy atom. The summed E-state index contributed by atoms with van der Waals surface area (Å²) in [4.78, 5) is 98.0. The number of pyridine rings is 2. The van der Waals surface area contributed by atoms with Crippen molar-refractivity contribution in [1.82, 2.24) is 39.5 Å². The maximum Gasteiger partial charge on any atom is 0.471 e. The summed E-state index contributed by atoms with van der Waals surface area (Å²) in [6.07, 6.45) is 18.1. The molecule has 0 atom stereocenters. The minimum absolute atomic E-state index is 0.0389. The largest absolute Gasteiger partial charge is 0.471 e. The normalized spacial score (nSPS) is 19.3. The van der Waals surface area contributed by atoms with Gasteiger partial charge in [-0.3, -0.25) is 28.8 Å². The number of aliphatic hydroxyl groups is 1. The van der Waals surface area contributed by atoms with Crippen molar-refractivity contribution in [2.24, 2.45) is 10.8 Å². The van der Waals surface area contributed by atoms with Crippen LogP contribution in [-0.4, -0.2) is 145 Å². The number of nitrogens with one attached hydrogen (secondary N) is 2. The molecule has 0 bridgehead atoms. The summed E-state index contributed by atoms with van der Waals surface area (Å²) in [5, 5.41) is 20.9. The van der Waals surface area contributed by atoms with Crippen LogP contribution in [0.3, 0.4) is 0 Å². The number of alkyl halides is 3. The van der Waals surface area contributed by atoms with Crippen molar-refractivity contribution < 1.29 is 47.0 Å². The summed E-state index contributed by atoms with van der Waals surface area (Å²) < 4.78 is 38.4. The summed E-state index contributed by atoms with van der Waals surface area (Å²) >= 11 is 3.27. The first-order valence-electron chi connectivity index (χ1n) is 24.5. The van der Waals surface area contributed by atoms with E-state index in [2.05, 4.69) is 42.7 Å². The second-order valence-electron chi connectivity index (χ2n) is 19.4. The van der Waals surface area contributed by atoms with Crippen LogP contribution in [0.5, 0.6) is 0 Å². The molecule has 0 unspecified atom stereocenters. The van der Waals surface area contributed by atoms with E-state index in [-0.39, 0.29) is 55.5 Å². The summed E-state index contributed by atoms with van der Waals surface area (Å²) in [6, 6.07) is 3.81. The third-order valence-corrected chi connectivity index (χ3v) is 16.3. The van der Waals surface area contributed by atoms with Crippen molar-refractivity contribution in [2.75, 3.05) is 69.6 Å². The number of rotatable bonds is 9. The lowest BCUT2D eigenvalue weighted by Crippen LogP contribution is -2.53. The second kappa shape index (κ2) is 22.3. The van der Waals surface area contributed by atoms with E-state index in [9.17, 15) is 41.9 Å². The average Bonchev–Trinajstić information content (AvgIpc) is 4.13. The number of halogens is 3. The van der Waals surface area contributed by atoms with Gasteiger partial charge in [0.05, 0.1) is 20.8 Å². The highest BCUT2D eigenvalue weighted by molar-refractivity contribution is 7.09. The van der Waals surface area contributed by atoms with Gasteiger partial charge < -0.3 is 35.3 Å². The molecule has 2 spiro atoms. The van der Waals surface area contributed by atoms with E-state index in [1.807, 2.05) is 34.0 Å². The maximum absolute atomic E-state index is 12.9. The molecule has 6 aliphatic rings. The van der Waals surface area contributed by atoms with Crippen molar-refractivity contribution in [1.29, 1.82) is 0 Å². The Morgan fingerprint density at radius 2 is 1.09 bits per heavy atom. The van der Waals surface area contributed by atoms with E-state index < -0.39 is 29.5 Å². The first kappa shape index (κ1) is 52.0. The number of thiazole rings is 2. The van der Waals surface area contributed by atoms with E-state index in [0.717, 1.165) is 57.3 Å². The molecule has 0 aliphatic carbocycles.